The number of fused-ring (bicyclic) bond motifs is 1. The van der Waals surface area contributed by atoms with Crippen LogP contribution in [0.2, 0.25) is 0 Å². The van der Waals surface area contributed by atoms with Crippen LogP contribution in [0.1, 0.15) is 21.6 Å². The molecular weight excluding hydrogens is 312 g/mol. The van der Waals surface area contributed by atoms with Crippen molar-refractivity contribution >= 4 is 40.1 Å². The molecule has 0 unspecified atom stereocenters. The molecule has 0 aliphatic carbocycles. The van der Waals surface area contributed by atoms with Gasteiger partial charge in [0.05, 0.1) is 22.5 Å². The topological polar surface area (TPSA) is 94.0 Å². The maximum Gasteiger partial charge on any atom is 0.252 e. The predicted molar refractivity (Wildman–Crippen MR) is 91.3 cm³/mol. The molecule has 0 aliphatic rings. The Labute approximate surface area is 137 Å². The van der Waals surface area contributed by atoms with Crippen LogP contribution < -0.4 is 11.1 Å². The SMILES string of the molecule is CSc1cc(C)c2ncc(C(N)=O)c(Nc3cc(C)no3)c2c1. The third kappa shape index (κ3) is 2.87. The molecule has 2 heterocycles. The Kier molecular flexibility index (Phi) is 3.96. The van der Waals surface area contributed by atoms with Gasteiger partial charge in [-0.15, -0.1) is 11.8 Å². The van der Waals surface area contributed by atoms with Crippen molar-refractivity contribution in [2.45, 2.75) is 18.7 Å². The molecule has 23 heavy (non-hydrogen) atoms. The number of rotatable bonds is 4. The summed E-state index contributed by atoms with van der Waals surface area (Å²) in [5.74, 6) is -0.102. The molecule has 6 nitrogen and oxygen atoms in total. The Bertz CT molecular complexity index is 904. The molecule has 0 aliphatic heterocycles. The summed E-state index contributed by atoms with van der Waals surface area (Å²) >= 11 is 1.62. The maximum absolute atomic E-state index is 11.8. The Hall–Kier alpha value is -2.54. The van der Waals surface area contributed by atoms with Gasteiger partial charge in [0.25, 0.3) is 5.91 Å². The average molecular weight is 328 g/mol. The van der Waals surface area contributed by atoms with E-state index in [1.165, 1.54) is 6.20 Å². The van der Waals surface area contributed by atoms with Crippen LogP contribution in [0, 0.1) is 13.8 Å². The fraction of sp³-hybridized carbons (Fsp3) is 0.188. The number of nitrogens with two attached hydrogens (primary N) is 1. The highest BCUT2D eigenvalue weighted by Crippen LogP contribution is 2.33. The average Bonchev–Trinajstić information content (AvgIpc) is 2.92. The maximum atomic E-state index is 11.8. The Morgan fingerprint density at radius 3 is 2.70 bits per heavy atom. The van der Waals surface area contributed by atoms with Crippen molar-refractivity contribution in [2.24, 2.45) is 5.73 Å². The third-order valence-electron chi connectivity index (χ3n) is 3.51. The molecule has 0 atom stereocenters. The van der Waals surface area contributed by atoms with E-state index in [9.17, 15) is 4.79 Å². The zero-order chi connectivity index (χ0) is 16.6. The van der Waals surface area contributed by atoms with Crippen LogP contribution in [0.15, 0.2) is 33.8 Å². The predicted octanol–water partition coefficient (Wildman–Crippen LogP) is 3.40. The van der Waals surface area contributed by atoms with E-state index < -0.39 is 5.91 Å². The fourth-order valence-electron chi connectivity index (χ4n) is 2.43. The van der Waals surface area contributed by atoms with Crippen LogP contribution >= 0.6 is 11.8 Å². The minimum atomic E-state index is -0.551. The highest BCUT2D eigenvalue weighted by molar-refractivity contribution is 7.98. The first-order chi connectivity index (χ1) is 11.0. The van der Waals surface area contributed by atoms with Gasteiger partial charge in [-0.2, -0.15) is 0 Å². The largest absolute Gasteiger partial charge is 0.365 e. The van der Waals surface area contributed by atoms with E-state index in [2.05, 4.69) is 21.5 Å². The van der Waals surface area contributed by atoms with Gasteiger partial charge in [0, 0.05) is 22.5 Å². The van der Waals surface area contributed by atoms with Crippen molar-refractivity contribution in [1.29, 1.82) is 0 Å². The zero-order valence-electron chi connectivity index (χ0n) is 13.0. The lowest BCUT2D eigenvalue weighted by Crippen LogP contribution is -2.14. The second-order valence-electron chi connectivity index (χ2n) is 5.21. The third-order valence-corrected chi connectivity index (χ3v) is 4.22. The van der Waals surface area contributed by atoms with Gasteiger partial charge < -0.3 is 15.6 Å². The lowest BCUT2D eigenvalue weighted by Gasteiger charge is -2.13. The molecule has 118 valence electrons. The molecule has 0 saturated heterocycles. The molecule has 0 spiro atoms. The fourth-order valence-corrected chi connectivity index (χ4v) is 2.96. The number of pyridine rings is 1. The molecule has 0 fully saturated rings. The Balaban J connectivity index is 2.27. The summed E-state index contributed by atoms with van der Waals surface area (Å²) in [5.41, 5.74) is 8.98. The van der Waals surface area contributed by atoms with E-state index in [1.807, 2.05) is 26.2 Å². The van der Waals surface area contributed by atoms with E-state index in [4.69, 9.17) is 10.3 Å². The minimum Gasteiger partial charge on any atom is -0.365 e. The standard InChI is InChI=1S/C16H16N4O2S/c1-8-4-10(23-3)6-11-14(8)18-7-12(16(17)21)15(11)19-13-5-9(2)20-22-13/h4-7H,1-3H3,(H2,17,21)(H,18,19). The van der Waals surface area contributed by atoms with Crippen LogP contribution in [0.5, 0.6) is 0 Å². The number of nitrogens with zero attached hydrogens (tertiary/aromatic N) is 2. The summed E-state index contributed by atoms with van der Waals surface area (Å²) in [5, 5.41) is 7.78. The number of carbonyl (C=O) groups excluding carboxylic acids is 1. The van der Waals surface area contributed by atoms with Gasteiger partial charge in [-0.3, -0.25) is 9.78 Å². The molecule has 0 bridgehead atoms. The number of hydrogen-bond acceptors (Lipinski definition) is 6. The first-order valence-corrected chi connectivity index (χ1v) is 8.19. The van der Waals surface area contributed by atoms with E-state index in [0.717, 1.165) is 27.1 Å². The summed E-state index contributed by atoms with van der Waals surface area (Å²) in [6, 6.07) is 5.80. The number of aromatic nitrogens is 2. The smallest absolute Gasteiger partial charge is 0.252 e. The molecule has 3 aromatic rings. The lowest BCUT2D eigenvalue weighted by atomic mass is 10.1. The van der Waals surface area contributed by atoms with Gasteiger partial charge in [0.15, 0.2) is 0 Å². The highest BCUT2D eigenvalue weighted by Gasteiger charge is 2.16. The Morgan fingerprint density at radius 2 is 2.09 bits per heavy atom. The number of nitrogens with one attached hydrogen (secondary N) is 1. The van der Waals surface area contributed by atoms with Gasteiger partial charge in [0.2, 0.25) is 5.88 Å². The number of thioether (sulfide) groups is 1. The van der Waals surface area contributed by atoms with E-state index in [1.54, 1.807) is 17.8 Å². The second-order valence-corrected chi connectivity index (χ2v) is 6.09. The number of primary amides is 1. The highest BCUT2D eigenvalue weighted by atomic mass is 32.2. The summed E-state index contributed by atoms with van der Waals surface area (Å²) < 4.78 is 5.20. The zero-order valence-corrected chi connectivity index (χ0v) is 13.8. The van der Waals surface area contributed by atoms with Crippen LogP contribution in [-0.2, 0) is 0 Å². The summed E-state index contributed by atoms with van der Waals surface area (Å²) in [4.78, 5) is 17.3. The molecular formula is C16H16N4O2S. The number of anilines is 2. The number of aryl methyl sites for hydroxylation is 2. The van der Waals surface area contributed by atoms with E-state index in [-0.39, 0.29) is 0 Å². The number of benzene rings is 1. The number of hydrogen-bond donors (Lipinski definition) is 2. The molecule has 2 aromatic heterocycles. The Morgan fingerprint density at radius 1 is 1.30 bits per heavy atom. The van der Waals surface area contributed by atoms with Crippen molar-refractivity contribution in [2.75, 3.05) is 11.6 Å². The van der Waals surface area contributed by atoms with Gasteiger partial charge in [-0.1, -0.05) is 5.16 Å². The summed E-state index contributed by atoms with van der Waals surface area (Å²) in [7, 11) is 0. The first kappa shape index (κ1) is 15.4. The van der Waals surface area contributed by atoms with Gasteiger partial charge in [0.1, 0.15) is 0 Å². The van der Waals surface area contributed by atoms with E-state index in [0.29, 0.717) is 17.1 Å². The minimum absolute atomic E-state index is 0.309. The van der Waals surface area contributed by atoms with Crippen LogP contribution in [-0.4, -0.2) is 22.3 Å². The van der Waals surface area contributed by atoms with Crippen LogP contribution in [0.25, 0.3) is 10.9 Å². The molecule has 1 amide bonds. The van der Waals surface area contributed by atoms with Crippen molar-refractivity contribution < 1.29 is 9.32 Å². The van der Waals surface area contributed by atoms with Crippen molar-refractivity contribution in [1.82, 2.24) is 10.1 Å². The second kappa shape index (κ2) is 5.92. The van der Waals surface area contributed by atoms with Gasteiger partial charge in [-0.25, -0.2) is 0 Å². The number of amides is 1. The monoisotopic (exact) mass is 328 g/mol. The molecule has 3 rings (SSSR count). The molecule has 7 heteroatoms. The summed E-state index contributed by atoms with van der Waals surface area (Å²) in [6.07, 6.45) is 3.49. The van der Waals surface area contributed by atoms with Gasteiger partial charge >= 0.3 is 0 Å². The molecule has 0 radical (unpaired) electrons. The van der Waals surface area contributed by atoms with Crippen LogP contribution in [0.4, 0.5) is 11.6 Å². The normalized spacial score (nSPS) is 10.9. The molecule has 0 saturated carbocycles. The molecule has 1 aromatic carbocycles. The van der Waals surface area contributed by atoms with Crippen molar-refractivity contribution in [3.8, 4) is 0 Å². The van der Waals surface area contributed by atoms with E-state index >= 15 is 0 Å². The first-order valence-electron chi connectivity index (χ1n) is 6.97. The van der Waals surface area contributed by atoms with Crippen molar-refractivity contribution in [3.05, 3.63) is 41.2 Å². The molecule has 3 N–H and O–H groups in total. The van der Waals surface area contributed by atoms with Crippen LogP contribution in [0.3, 0.4) is 0 Å². The van der Waals surface area contributed by atoms with Crippen molar-refractivity contribution in [3.63, 3.8) is 0 Å². The number of carbonyl (C=O) groups is 1. The summed E-state index contributed by atoms with van der Waals surface area (Å²) in [6.45, 7) is 3.81. The van der Waals surface area contributed by atoms with Gasteiger partial charge in [-0.05, 0) is 37.8 Å². The lowest BCUT2D eigenvalue weighted by molar-refractivity contribution is 0.100. The quantitative estimate of drug-likeness (QED) is 0.713.